The quantitative estimate of drug-likeness (QED) is 0.181. The van der Waals surface area contributed by atoms with Crippen LogP contribution in [-0.2, 0) is 6.54 Å². The van der Waals surface area contributed by atoms with E-state index in [1.807, 2.05) is 43.5 Å². The summed E-state index contributed by atoms with van der Waals surface area (Å²) in [6.07, 6.45) is 7.15. The molecule has 11 heteroatoms. The maximum Gasteiger partial charge on any atom is 0.274 e. The van der Waals surface area contributed by atoms with Gasteiger partial charge in [0.05, 0.1) is 16.3 Å². The Morgan fingerprint density at radius 1 is 1.02 bits per heavy atom. The lowest BCUT2D eigenvalue weighted by atomic mass is 10.0. The summed E-state index contributed by atoms with van der Waals surface area (Å²) in [5.41, 5.74) is 6.68. The van der Waals surface area contributed by atoms with Crippen LogP contribution >= 0.6 is 0 Å². The van der Waals surface area contributed by atoms with E-state index in [1.54, 1.807) is 42.9 Å². The van der Waals surface area contributed by atoms with Gasteiger partial charge in [-0.05, 0) is 61.5 Å². The SMILES string of the molecule is Cc1c[nH]c(-c2ccc(NC(=O)c3ccc(CN4CCN(C)CC4)c([N+](=O)[O-])c3)cc2)c1-c1nccc(-c2cccnc2)n1. The van der Waals surface area contributed by atoms with E-state index < -0.39 is 10.8 Å². The second kappa shape index (κ2) is 12.5. The zero-order valence-electron chi connectivity index (χ0n) is 24.5. The molecular formula is C33H32N8O3. The van der Waals surface area contributed by atoms with E-state index in [4.69, 9.17) is 4.98 Å². The Labute approximate surface area is 254 Å². The van der Waals surface area contributed by atoms with Crippen LogP contribution in [0.15, 0.2) is 85.5 Å². The number of aryl methyl sites for hydroxylation is 1. The van der Waals surface area contributed by atoms with Crippen molar-refractivity contribution in [2.75, 3.05) is 38.5 Å². The van der Waals surface area contributed by atoms with Crippen LogP contribution in [0.25, 0.3) is 33.9 Å². The molecule has 5 aromatic rings. The number of nitrogens with zero attached hydrogens (tertiary/aromatic N) is 6. The maximum atomic E-state index is 13.1. The molecule has 2 N–H and O–H groups in total. The van der Waals surface area contributed by atoms with E-state index in [1.165, 1.54) is 6.07 Å². The van der Waals surface area contributed by atoms with Crippen molar-refractivity contribution >= 4 is 17.3 Å². The van der Waals surface area contributed by atoms with Crippen LogP contribution < -0.4 is 5.32 Å². The highest BCUT2D eigenvalue weighted by molar-refractivity contribution is 6.04. The van der Waals surface area contributed by atoms with Gasteiger partial charge in [-0.25, -0.2) is 9.97 Å². The molecule has 4 heterocycles. The minimum Gasteiger partial charge on any atom is -0.360 e. The molecule has 11 nitrogen and oxygen atoms in total. The van der Waals surface area contributed by atoms with Crippen molar-refractivity contribution in [3.8, 4) is 33.9 Å². The smallest absolute Gasteiger partial charge is 0.274 e. The number of pyridine rings is 1. The zero-order chi connectivity index (χ0) is 30.6. The van der Waals surface area contributed by atoms with Gasteiger partial charge in [0.1, 0.15) is 0 Å². The summed E-state index contributed by atoms with van der Waals surface area (Å²) in [7, 11) is 2.07. The number of likely N-dealkylation sites (N-methyl/N-ethyl adjacent to an activating group) is 1. The Bertz CT molecular complexity index is 1800. The molecule has 6 rings (SSSR count). The van der Waals surface area contributed by atoms with Crippen LogP contribution in [0.5, 0.6) is 0 Å². The van der Waals surface area contributed by atoms with E-state index in [9.17, 15) is 14.9 Å². The minimum atomic E-state index is -0.414. The highest BCUT2D eigenvalue weighted by atomic mass is 16.6. The minimum absolute atomic E-state index is 0.0450. The van der Waals surface area contributed by atoms with E-state index in [2.05, 4.69) is 37.1 Å². The van der Waals surface area contributed by atoms with E-state index in [0.717, 1.165) is 59.8 Å². The van der Waals surface area contributed by atoms with E-state index in [0.29, 0.717) is 23.6 Å². The first-order valence-corrected chi connectivity index (χ1v) is 14.4. The third-order valence-electron chi connectivity index (χ3n) is 7.88. The topological polar surface area (TPSA) is 133 Å². The van der Waals surface area contributed by atoms with Gasteiger partial charge < -0.3 is 15.2 Å². The molecule has 1 aliphatic rings. The Balaban J connectivity index is 1.19. The summed E-state index contributed by atoms with van der Waals surface area (Å²) in [4.78, 5) is 45.9. The number of benzene rings is 2. The number of amides is 1. The third-order valence-corrected chi connectivity index (χ3v) is 7.88. The molecule has 2 aromatic carbocycles. The summed E-state index contributed by atoms with van der Waals surface area (Å²) < 4.78 is 0. The van der Waals surface area contributed by atoms with Gasteiger partial charge >= 0.3 is 0 Å². The molecule has 1 fully saturated rings. The van der Waals surface area contributed by atoms with Gasteiger partial charge in [-0.2, -0.15) is 0 Å². The molecule has 0 radical (unpaired) electrons. The molecule has 0 unspecified atom stereocenters. The Morgan fingerprint density at radius 2 is 1.82 bits per heavy atom. The fraction of sp³-hybridized carbons (Fsp3) is 0.212. The molecule has 0 aliphatic carbocycles. The Hall–Kier alpha value is -5.26. The molecule has 1 aliphatic heterocycles. The number of anilines is 1. The first-order valence-electron chi connectivity index (χ1n) is 14.4. The number of hydrogen-bond acceptors (Lipinski definition) is 8. The van der Waals surface area contributed by atoms with Crippen LogP contribution in [0, 0.1) is 17.0 Å². The van der Waals surface area contributed by atoms with Gasteiger partial charge in [0, 0.05) is 91.5 Å². The molecule has 222 valence electrons. The summed E-state index contributed by atoms with van der Waals surface area (Å²) in [6, 6.07) is 17.8. The number of nitro groups is 1. The molecule has 3 aromatic heterocycles. The average molecular weight is 589 g/mol. The predicted molar refractivity (Wildman–Crippen MR) is 169 cm³/mol. The monoisotopic (exact) mass is 588 g/mol. The van der Waals surface area contributed by atoms with Crippen molar-refractivity contribution in [3.05, 3.63) is 112 Å². The standard InChI is InChI=1S/C33H32N8O3/c1-22-19-36-31(30(22)32-35-13-11-28(38-32)25-4-3-12-34-20-25)23-7-9-27(10-8-23)37-33(42)24-5-6-26(29(18-24)41(43)44)21-40-16-14-39(2)15-17-40/h3-13,18-20,36H,14-17,21H2,1-2H3,(H,37,42). The fourth-order valence-corrected chi connectivity index (χ4v) is 5.37. The Morgan fingerprint density at radius 3 is 2.55 bits per heavy atom. The molecule has 1 amide bonds. The average Bonchev–Trinajstić information content (AvgIpc) is 3.44. The predicted octanol–water partition coefficient (Wildman–Crippen LogP) is 5.42. The van der Waals surface area contributed by atoms with Crippen molar-refractivity contribution in [2.45, 2.75) is 13.5 Å². The van der Waals surface area contributed by atoms with Gasteiger partial charge in [-0.3, -0.25) is 24.8 Å². The van der Waals surface area contributed by atoms with Crippen LogP contribution in [0.3, 0.4) is 0 Å². The van der Waals surface area contributed by atoms with Gasteiger partial charge in [0.15, 0.2) is 5.82 Å². The van der Waals surface area contributed by atoms with E-state index in [-0.39, 0.29) is 11.3 Å². The molecule has 0 saturated carbocycles. The molecule has 44 heavy (non-hydrogen) atoms. The molecule has 0 spiro atoms. The van der Waals surface area contributed by atoms with Crippen LogP contribution in [-0.4, -0.2) is 73.8 Å². The number of nitro benzene ring substituents is 1. The van der Waals surface area contributed by atoms with Gasteiger partial charge in [-0.1, -0.05) is 18.2 Å². The summed E-state index contributed by atoms with van der Waals surface area (Å²) in [5, 5.41) is 14.7. The number of carbonyl (C=O) groups excluding carboxylic acids is 1. The molecule has 1 saturated heterocycles. The van der Waals surface area contributed by atoms with E-state index >= 15 is 0 Å². The van der Waals surface area contributed by atoms with Crippen molar-refractivity contribution < 1.29 is 9.72 Å². The van der Waals surface area contributed by atoms with Crippen molar-refractivity contribution in [1.82, 2.24) is 29.7 Å². The fourth-order valence-electron chi connectivity index (χ4n) is 5.37. The number of aromatic nitrogens is 4. The van der Waals surface area contributed by atoms with Crippen molar-refractivity contribution in [3.63, 3.8) is 0 Å². The first-order chi connectivity index (χ1) is 21.4. The second-order valence-electron chi connectivity index (χ2n) is 10.9. The van der Waals surface area contributed by atoms with Crippen molar-refractivity contribution in [2.24, 2.45) is 0 Å². The summed E-state index contributed by atoms with van der Waals surface area (Å²) in [5.74, 6) is 0.180. The normalized spacial score (nSPS) is 14.0. The number of piperazine rings is 1. The maximum absolute atomic E-state index is 13.1. The number of aromatic amines is 1. The van der Waals surface area contributed by atoms with Gasteiger partial charge in [-0.15, -0.1) is 0 Å². The number of carbonyl (C=O) groups is 1. The van der Waals surface area contributed by atoms with Gasteiger partial charge in [0.2, 0.25) is 0 Å². The largest absolute Gasteiger partial charge is 0.360 e. The molecule has 0 bridgehead atoms. The van der Waals surface area contributed by atoms with Crippen LogP contribution in [0.4, 0.5) is 11.4 Å². The van der Waals surface area contributed by atoms with Gasteiger partial charge in [0.25, 0.3) is 11.6 Å². The summed E-state index contributed by atoms with van der Waals surface area (Å²) in [6.45, 7) is 6.02. The zero-order valence-corrected chi connectivity index (χ0v) is 24.5. The molecule has 0 atom stereocenters. The lowest BCUT2D eigenvalue weighted by Crippen LogP contribution is -2.43. The number of H-pyrrole nitrogens is 1. The second-order valence-corrected chi connectivity index (χ2v) is 10.9. The third kappa shape index (κ3) is 6.24. The van der Waals surface area contributed by atoms with Crippen LogP contribution in [0.1, 0.15) is 21.5 Å². The van der Waals surface area contributed by atoms with Crippen molar-refractivity contribution in [1.29, 1.82) is 0 Å². The number of rotatable bonds is 8. The lowest BCUT2D eigenvalue weighted by molar-refractivity contribution is -0.385. The summed E-state index contributed by atoms with van der Waals surface area (Å²) >= 11 is 0. The number of hydrogen-bond donors (Lipinski definition) is 2. The highest BCUT2D eigenvalue weighted by Gasteiger charge is 2.22. The molecular weight excluding hydrogens is 556 g/mol. The Kier molecular flexibility index (Phi) is 8.22. The highest BCUT2D eigenvalue weighted by Crippen LogP contribution is 2.34. The number of nitrogens with one attached hydrogen (secondary N) is 2. The van der Waals surface area contributed by atoms with Crippen LogP contribution in [0.2, 0.25) is 0 Å². The first kappa shape index (κ1) is 28.8. The lowest BCUT2D eigenvalue weighted by Gasteiger charge is -2.32.